The minimum absolute atomic E-state index is 0.685. The molecule has 118 valence electrons. The Morgan fingerprint density at radius 2 is 1.81 bits per heavy atom. The van der Waals surface area contributed by atoms with E-state index in [0.717, 1.165) is 30.5 Å². The third-order valence-corrected chi connectivity index (χ3v) is 4.12. The molecule has 0 amide bonds. The monoisotopic (exact) mass is 291 g/mol. The topological polar surface area (TPSA) is 30.5 Å². The van der Waals surface area contributed by atoms with Crippen LogP contribution in [0.3, 0.4) is 0 Å². The van der Waals surface area contributed by atoms with Crippen LogP contribution in [0.2, 0.25) is 0 Å². The number of nitrogens with one attached hydrogen (secondary N) is 1. The second-order valence-corrected chi connectivity index (χ2v) is 5.77. The molecule has 0 bridgehead atoms. The molecule has 3 nitrogen and oxygen atoms in total. The first-order valence-corrected chi connectivity index (χ1v) is 8.42. The lowest BCUT2D eigenvalue weighted by molar-refractivity contribution is 0.317. The normalized spacial score (nSPS) is 15.9. The zero-order chi connectivity index (χ0) is 14.9. The van der Waals surface area contributed by atoms with E-state index in [1.807, 2.05) is 26.0 Å². The molecular weight excluding hydrogens is 262 g/mol. The zero-order valence-electron chi connectivity index (χ0n) is 13.5. The Morgan fingerprint density at radius 1 is 1.05 bits per heavy atom. The Morgan fingerprint density at radius 3 is 2.52 bits per heavy atom. The first-order valence-electron chi connectivity index (χ1n) is 8.42. The van der Waals surface area contributed by atoms with E-state index in [1.54, 1.807) is 0 Å². The molecule has 0 saturated heterocycles. The van der Waals surface area contributed by atoms with E-state index in [1.165, 1.54) is 37.7 Å². The van der Waals surface area contributed by atoms with Gasteiger partial charge in [-0.1, -0.05) is 25.3 Å². The minimum atomic E-state index is 0.685. The molecular formula is C18H29NO2. The van der Waals surface area contributed by atoms with Gasteiger partial charge >= 0.3 is 0 Å². The summed E-state index contributed by atoms with van der Waals surface area (Å²) in [6, 6.07) is 6.15. The van der Waals surface area contributed by atoms with E-state index >= 15 is 0 Å². The highest BCUT2D eigenvalue weighted by Crippen LogP contribution is 2.26. The van der Waals surface area contributed by atoms with Gasteiger partial charge in [-0.3, -0.25) is 0 Å². The van der Waals surface area contributed by atoms with Gasteiger partial charge in [-0.25, -0.2) is 0 Å². The molecule has 1 aromatic carbocycles. The molecule has 1 aromatic rings. The van der Waals surface area contributed by atoms with Crippen LogP contribution in [-0.2, 0) is 6.54 Å². The summed E-state index contributed by atoms with van der Waals surface area (Å²) in [4.78, 5) is 0. The maximum absolute atomic E-state index is 5.75. The standard InChI is InChI=1S/C18H29NO2/c1-3-20-17-11-10-16(18(12-17)21-4-2)14-19-13-15-8-6-5-7-9-15/h10-12,15,19H,3-9,13-14H2,1-2H3. The Kier molecular flexibility index (Phi) is 6.87. The molecule has 3 heteroatoms. The van der Waals surface area contributed by atoms with Crippen LogP contribution in [0.25, 0.3) is 0 Å². The van der Waals surface area contributed by atoms with Crippen molar-refractivity contribution in [1.82, 2.24) is 5.32 Å². The summed E-state index contributed by atoms with van der Waals surface area (Å²) >= 11 is 0. The number of hydrogen-bond donors (Lipinski definition) is 1. The van der Waals surface area contributed by atoms with E-state index < -0.39 is 0 Å². The van der Waals surface area contributed by atoms with Gasteiger partial charge in [0.15, 0.2) is 0 Å². The van der Waals surface area contributed by atoms with Gasteiger partial charge in [0.2, 0.25) is 0 Å². The number of benzene rings is 1. The third-order valence-electron chi connectivity index (χ3n) is 4.12. The van der Waals surface area contributed by atoms with Crippen LogP contribution in [0.5, 0.6) is 11.5 Å². The summed E-state index contributed by atoms with van der Waals surface area (Å²) in [5.74, 6) is 2.69. The molecule has 0 radical (unpaired) electrons. The first-order chi connectivity index (χ1) is 10.3. The quantitative estimate of drug-likeness (QED) is 0.780. The van der Waals surface area contributed by atoms with Gasteiger partial charge in [-0.05, 0) is 45.2 Å². The van der Waals surface area contributed by atoms with Crippen molar-refractivity contribution in [3.63, 3.8) is 0 Å². The molecule has 0 aromatic heterocycles. The van der Waals surface area contributed by atoms with Gasteiger partial charge in [0, 0.05) is 18.2 Å². The van der Waals surface area contributed by atoms with E-state index in [-0.39, 0.29) is 0 Å². The van der Waals surface area contributed by atoms with Crippen LogP contribution in [0.15, 0.2) is 18.2 Å². The summed E-state index contributed by atoms with van der Waals surface area (Å²) in [5, 5.41) is 3.60. The van der Waals surface area contributed by atoms with Gasteiger partial charge in [0.05, 0.1) is 13.2 Å². The Bertz CT molecular complexity index is 414. The molecule has 1 N–H and O–H groups in total. The first kappa shape index (κ1) is 16.2. The third kappa shape index (κ3) is 5.24. The second-order valence-electron chi connectivity index (χ2n) is 5.77. The van der Waals surface area contributed by atoms with Crippen molar-refractivity contribution in [2.75, 3.05) is 19.8 Å². The van der Waals surface area contributed by atoms with Crippen LogP contribution in [0.4, 0.5) is 0 Å². The average molecular weight is 291 g/mol. The smallest absolute Gasteiger partial charge is 0.127 e. The number of hydrogen-bond acceptors (Lipinski definition) is 3. The van der Waals surface area contributed by atoms with Gasteiger partial charge < -0.3 is 14.8 Å². The zero-order valence-corrected chi connectivity index (χ0v) is 13.5. The number of ether oxygens (including phenoxy) is 2. The van der Waals surface area contributed by atoms with Crippen molar-refractivity contribution in [3.05, 3.63) is 23.8 Å². The highest BCUT2D eigenvalue weighted by Gasteiger charge is 2.13. The van der Waals surface area contributed by atoms with Crippen molar-refractivity contribution in [2.24, 2.45) is 5.92 Å². The van der Waals surface area contributed by atoms with Crippen molar-refractivity contribution in [3.8, 4) is 11.5 Å². The molecule has 2 rings (SSSR count). The molecule has 1 aliphatic carbocycles. The average Bonchev–Trinajstić information content (AvgIpc) is 2.51. The summed E-state index contributed by atoms with van der Waals surface area (Å²) in [6.45, 7) is 7.39. The molecule has 0 atom stereocenters. The molecule has 1 aliphatic rings. The molecule has 1 fully saturated rings. The largest absolute Gasteiger partial charge is 0.494 e. The van der Waals surface area contributed by atoms with Gasteiger partial charge in [0.25, 0.3) is 0 Å². The van der Waals surface area contributed by atoms with E-state index in [0.29, 0.717) is 13.2 Å². The van der Waals surface area contributed by atoms with Crippen molar-refractivity contribution >= 4 is 0 Å². The molecule has 0 unspecified atom stereocenters. The molecule has 1 saturated carbocycles. The van der Waals surface area contributed by atoms with E-state index in [9.17, 15) is 0 Å². The SMILES string of the molecule is CCOc1ccc(CNCC2CCCCC2)c(OCC)c1. The highest BCUT2D eigenvalue weighted by atomic mass is 16.5. The van der Waals surface area contributed by atoms with Gasteiger partial charge in [-0.2, -0.15) is 0 Å². The molecule has 21 heavy (non-hydrogen) atoms. The fraction of sp³-hybridized carbons (Fsp3) is 0.667. The molecule has 0 spiro atoms. The molecule has 0 aliphatic heterocycles. The van der Waals surface area contributed by atoms with Crippen molar-refractivity contribution in [1.29, 1.82) is 0 Å². The minimum Gasteiger partial charge on any atom is -0.494 e. The van der Waals surface area contributed by atoms with Gasteiger partial charge in [0.1, 0.15) is 11.5 Å². The van der Waals surface area contributed by atoms with Crippen molar-refractivity contribution < 1.29 is 9.47 Å². The van der Waals surface area contributed by atoms with Crippen LogP contribution in [0, 0.1) is 5.92 Å². The summed E-state index contributed by atoms with van der Waals surface area (Å²) < 4.78 is 11.3. The van der Waals surface area contributed by atoms with Crippen LogP contribution in [-0.4, -0.2) is 19.8 Å². The maximum Gasteiger partial charge on any atom is 0.127 e. The predicted molar refractivity (Wildman–Crippen MR) is 87.1 cm³/mol. The summed E-state index contributed by atoms with van der Waals surface area (Å²) in [6.07, 6.45) is 6.99. The molecule has 0 heterocycles. The Hall–Kier alpha value is -1.22. The van der Waals surface area contributed by atoms with Crippen LogP contribution in [0.1, 0.15) is 51.5 Å². The van der Waals surface area contributed by atoms with Gasteiger partial charge in [-0.15, -0.1) is 0 Å². The lowest BCUT2D eigenvalue weighted by Gasteiger charge is -2.22. The van der Waals surface area contributed by atoms with E-state index in [2.05, 4.69) is 11.4 Å². The Balaban J connectivity index is 1.88. The fourth-order valence-corrected chi connectivity index (χ4v) is 3.03. The van der Waals surface area contributed by atoms with Crippen molar-refractivity contribution in [2.45, 2.75) is 52.5 Å². The predicted octanol–water partition coefficient (Wildman–Crippen LogP) is 4.15. The van der Waals surface area contributed by atoms with E-state index in [4.69, 9.17) is 9.47 Å². The number of rotatable bonds is 8. The van der Waals surface area contributed by atoms with Crippen LogP contribution < -0.4 is 14.8 Å². The maximum atomic E-state index is 5.75. The lowest BCUT2D eigenvalue weighted by atomic mass is 9.89. The summed E-state index contributed by atoms with van der Waals surface area (Å²) in [7, 11) is 0. The Labute approximate surface area is 129 Å². The summed E-state index contributed by atoms with van der Waals surface area (Å²) in [5.41, 5.74) is 1.22. The highest BCUT2D eigenvalue weighted by molar-refractivity contribution is 5.40. The fourth-order valence-electron chi connectivity index (χ4n) is 3.03. The van der Waals surface area contributed by atoms with Crippen LogP contribution >= 0.6 is 0 Å². The lowest BCUT2D eigenvalue weighted by Crippen LogP contribution is -2.24. The second kappa shape index (κ2) is 8.93.